The molecule has 1 fully saturated rings. The number of nitrogens with zero attached hydrogens (tertiary/aromatic N) is 4. The summed E-state index contributed by atoms with van der Waals surface area (Å²) in [5, 5.41) is 11.4. The van der Waals surface area contributed by atoms with Crippen molar-refractivity contribution in [1.82, 2.24) is 19.7 Å². The molecule has 0 spiro atoms. The smallest absolute Gasteiger partial charge is 0.191 e. The molecule has 7 heteroatoms. The highest BCUT2D eigenvalue weighted by atomic mass is 35.5. The maximum absolute atomic E-state index is 6.41. The molecule has 0 N–H and O–H groups in total. The van der Waals surface area contributed by atoms with E-state index < -0.39 is 0 Å². The zero-order valence-electron chi connectivity index (χ0n) is 14.5. The number of hydrogen-bond acceptors (Lipinski definition) is 5. The zero-order chi connectivity index (χ0) is 18.2. The van der Waals surface area contributed by atoms with Crippen molar-refractivity contribution in [3.05, 3.63) is 71.0 Å². The number of rotatable bonds is 6. The lowest BCUT2D eigenvalue weighted by atomic mass is 10.2. The molecule has 1 aliphatic carbocycles. The van der Waals surface area contributed by atoms with Gasteiger partial charge in [-0.15, -0.1) is 10.2 Å². The number of pyridine rings is 1. The number of para-hydroxylation sites is 1. The fourth-order valence-electron chi connectivity index (χ4n) is 3.14. The van der Waals surface area contributed by atoms with Gasteiger partial charge in [0, 0.05) is 22.6 Å². The van der Waals surface area contributed by atoms with Gasteiger partial charge in [-0.3, -0.25) is 4.57 Å². The Morgan fingerprint density at radius 1 is 1.15 bits per heavy atom. The monoisotopic (exact) mass is 396 g/mol. The van der Waals surface area contributed by atoms with Crippen molar-refractivity contribution < 1.29 is 4.42 Å². The average molecular weight is 397 g/mol. The summed E-state index contributed by atoms with van der Waals surface area (Å²) >= 11 is 8.04. The van der Waals surface area contributed by atoms with Crippen LogP contribution in [0.25, 0.3) is 10.9 Å². The summed E-state index contributed by atoms with van der Waals surface area (Å²) in [6, 6.07) is 14.0. The summed E-state index contributed by atoms with van der Waals surface area (Å²) in [6.45, 7) is 0.651. The van der Waals surface area contributed by atoms with Gasteiger partial charge in [-0.2, -0.15) is 0 Å². The van der Waals surface area contributed by atoms with Crippen molar-refractivity contribution in [2.45, 2.75) is 36.2 Å². The van der Waals surface area contributed by atoms with Gasteiger partial charge in [0.05, 0.1) is 18.3 Å². The number of fused-ring (bicyclic) bond motifs is 1. The molecule has 3 aromatic heterocycles. The van der Waals surface area contributed by atoms with Gasteiger partial charge in [-0.25, -0.2) is 4.98 Å². The van der Waals surface area contributed by atoms with Gasteiger partial charge in [0.1, 0.15) is 16.7 Å². The highest BCUT2D eigenvalue weighted by molar-refractivity contribution is 7.98. The van der Waals surface area contributed by atoms with Crippen molar-refractivity contribution in [2.24, 2.45) is 0 Å². The molecule has 3 heterocycles. The topological polar surface area (TPSA) is 56.7 Å². The molecule has 1 saturated carbocycles. The zero-order valence-corrected chi connectivity index (χ0v) is 16.1. The molecular weight excluding hydrogens is 380 g/mol. The minimum Gasteiger partial charge on any atom is -0.467 e. The van der Waals surface area contributed by atoms with Gasteiger partial charge in [0.15, 0.2) is 5.16 Å². The third-order valence-electron chi connectivity index (χ3n) is 4.69. The second-order valence-corrected chi connectivity index (χ2v) is 8.00. The van der Waals surface area contributed by atoms with Crippen LogP contribution >= 0.6 is 23.4 Å². The molecule has 4 aromatic rings. The van der Waals surface area contributed by atoms with Gasteiger partial charge < -0.3 is 4.42 Å². The molecule has 136 valence electrons. The molecule has 5 rings (SSSR count). The first-order chi connectivity index (χ1) is 13.3. The molecule has 0 bridgehead atoms. The van der Waals surface area contributed by atoms with Crippen molar-refractivity contribution in [1.29, 1.82) is 0 Å². The molecule has 1 aromatic carbocycles. The van der Waals surface area contributed by atoms with Crippen molar-refractivity contribution in [2.75, 3.05) is 0 Å². The summed E-state index contributed by atoms with van der Waals surface area (Å²) in [7, 11) is 0. The predicted molar refractivity (Wildman–Crippen MR) is 106 cm³/mol. The van der Waals surface area contributed by atoms with Crippen LogP contribution in [-0.4, -0.2) is 19.7 Å². The molecule has 0 unspecified atom stereocenters. The van der Waals surface area contributed by atoms with Crippen LogP contribution in [0, 0.1) is 0 Å². The highest BCUT2D eigenvalue weighted by Gasteiger charge is 2.30. The second-order valence-electron chi connectivity index (χ2n) is 6.70. The number of halogens is 1. The van der Waals surface area contributed by atoms with Crippen LogP contribution in [0.3, 0.4) is 0 Å². The Kier molecular flexibility index (Phi) is 4.38. The minimum absolute atomic E-state index is 0.521. The Bertz CT molecular complexity index is 1090. The standard InChI is InChI=1S/C20H17ClN4OS/c21-18-15(10-14-4-1-2-6-17(14)22-18)12-27-20-24-23-19(13-7-8-13)25(20)11-16-5-3-9-26-16/h1-6,9-10,13H,7-8,11-12H2. The molecule has 27 heavy (non-hydrogen) atoms. The summed E-state index contributed by atoms with van der Waals surface area (Å²) in [5.41, 5.74) is 1.91. The lowest BCUT2D eigenvalue weighted by molar-refractivity contribution is 0.478. The summed E-state index contributed by atoms with van der Waals surface area (Å²) in [6.07, 6.45) is 4.06. The highest BCUT2D eigenvalue weighted by Crippen LogP contribution is 2.40. The van der Waals surface area contributed by atoms with Crippen molar-refractivity contribution in [3.63, 3.8) is 0 Å². The molecular formula is C20H17ClN4OS. The lowest BCUT2D eigenvalue weighted by Crippen LogP contribution is -2.05. The molecule has 0 amide bonds. The maximum Gasteiger partial charge on any atom is 0.191 e. The van der Waals surface area contributed by atoms with Gasteiger partial charge in [0.25, 0.3) is 0 Å². The van der Waals surface area contributed by atoms with E-state index in [1.165, 1.54) is 12.8 Å². The normalized spacial score (nSPS) is 14.1. The fourth-order valence-corrected chi connectivity index (χ4v) is 4.35. The largest absolute Gasteiger partial charge is 0.467 e. The van der Waals surface area contributed by atoms with E-state index >= 15 is 0 Å². The summed E-state index contributed by atoms with van der Waals surface area (Å²) in [5.74, 6) is 3.17. The number of hydrogen-bond donors (Lipinski definition) is 0. The summed E-state index contributed by atoms with van der Waals surface area (Å²) in [4.78, 5) is 4.51. The second kappa shape index (κ2) is 7.02. The quantitative estimate of drug-likeness (QED) is 0.327. The van der Waals surface area contributed by atoms with Crippen LogP contribution in [-0.2, 0) is 12.3 Å². The number of aromatic nitrogens is 4. The van der Waals surface area contributed by atoms with Gasteiger partial charge in [0.2, 0.25) is 0 Å². The molecule has 5 nitrogen and oxygen atoms in total. The average Bonchev–Trinajstić information content (AvgIpc) is 3.24. The van der Waals surface area contributed by atoms with E-state index in [9.17, 15) is 0 Å². The first kappa shape index (κ1) is 16.8. The molecule has 0 atom stereocenters. The predicted octanol–water partition coefficient (Wildman–Crippen LogP) is 5.29. The molecule has 0 saturated heterocycles. The van der Waals surface area contributed by atoms with Crippen LogP contribution in [0.1, 0.15) is 35.9 Å². The van der Waals surface area contributed by atoms with Crippen molar-refractivity contribution >= 4 is 34.3 Å². The Labute approximate surface area is 165 Å². The third-order valence-corrected chi connectivity index (χ3v) is 6.03. The van der Waals surface area contributed by atoms with Crippen LogP contribution in [0.4, 0.5) is 0 Å². The SMILES string of the molecule is Clc1nc2ccccc2cc1CSc1nnc(C2CC2)n1Cc1ccco1. The molecule has 0 radical (unpaired) electrons. The van der Waals surface area contributed by atoms with E-state index in [1.807, 2.05) is 30.3 Å². The van der Waals surface area contributed by atoms with Crippen LogP contribution in [0.2, 0.25) is 5.15 Å². The Balaban J connectivity index is 1.42. The number of benzene rings is 1. The van der Waals surface area contributed by atoms with E-state index in [0.29, 0.717) is 23.4 Å². The van der Waals surface area contributed by atoms with E-state index in [-0.39, 0.29) is 0 Å². The van der Waals surface area contributed by atoms with E-state index in [0.717, 1.165) is 33.2 Å². The molecule has 1 aliphatic rings. The fraction of sp³-hybridized carbons (Fsp3) is 0.250. The Morgan fingerprint density at radius 2 is 2.04 bits per heavy atom. The molecule has 0 aliphatic heterocycles. The first-order valence-electron chi connectivity index (χ1n) is 8.90. The van der Waals surface area contributed by atoms with Gasteiger partial charge in [-0.05, 0) is 37.1 Å². The number of furan rings is 1. The number of thioether (sulfide) groups is 1. The van der Waals surface area contributed by atoms with Gasteiger partial charge >= 0.3 is 0 Å². The van der Waals surface area contributed by atoms with E-state index in [2.05, 4.69) is 31.9 Å². The van der Waals surface area contributed by atoms with Crippen LogP contribution in [0.5, 0.6) is 0 Å². The lowest BCUT2D eigenvalue weighted by Gasteiger charge is -2.09. The van der Waals surface area contributed by atoms with Crippen LogP contribution in [0.15, 0.2) is 58.3 Å². The Morgan fingerprint density at radius 3 is 2.85 bits per heavy atom. The Hall–Kier alpha value is -2.31. The maximum atomic E-state index is 6.41. The van der Waals surface area contributed by atoms with E-state index in [4.69, 9.17) is 16.0 Å². The van der Waals surface area contributed by atoms with E-state index in [1.54, 1.807) is 18.0 Å². The van der Waals surface area contributed by atoms with Crippen molar-refractivity contribution in [3.8, 4) is 0 Å². The third kappa shape index (κ3) is 3.47. The van der Waals surface area contributed by atoms with Crippen LogP contribution < -0.4 is 0 Å². The minimum atomic E-state index is 0.521. The first-order valence-corrected chi connectivity index (χ1v) is 10.3. The summed E-state index contributed by atoms with van der Waals surface area (Å²) < 4.78 is 7.70. The van der Waals surface area contributed by atoms with Gasteiger partial charge in [-0.1, -0.05) is 41.6 Å².